The Hall–Kier alpha value is -1.83. The van der Waals surface area contributed by atoms with Crippen molar-refractivity contribution in [3.8, 4) is 6.07 Å². The summed E-state index contributed by atoms with van der Waals surface area (Å²) >= 11 is 0. The van der Waals surface area contributed by atoms with E-state index in [-0.39, 0.29) is 17.4 Å². The standard InChI is InChI=1S/C16H26N4O/c1-11(2)14-8-13(18-20(14)16(4,5)6)15(21)19(7)10-12(3)9-17/h8,11-12H,10H2,1-7H3. The van der Waals surface area contributed by atoms with Gasteiger partial charge in [-0.2, -0.15) is 10.4 Å². The van der Waals surface area contributed by atoms with Crippen LogP contribution < -0.4 is 0 Å². The molecule has 0 aromatic carbocycles. The summed E-state index contributed by atoms with van der Waals surface area (Å²) in [6.45, 7) is 12.6. The lowest BCUT2D eigenvalue weighted by Gasteiger charge is -2.23. The monoisotopic (exact) mass is 290 g/mol. The molecular weight excluding hydrogens is 264 g/mol. The van der Waals surface area contributed by atoms with E-state index in [1.807, 2.05) is 10.7 Å². The predicted molar refractivity (Wildman–Crippen MR) is 83.0 cm³/mol. The minimum Gasteiger partial charge on any atom is -0.339 e. The lowest BCUT2D eigenvalue weighted by atomic mass is 10.1. The largest absolute Gasteiger partial charge is 0.339 e. The van der Waals surface area contributed by atoms with E-state index in [1.54, 1.807) is 18.9 Å². The molecule has 0 saturated heterocycles. The maximum Gasteiger partial charge on any atom is 0.274 e. The van der Waals surface area contributed by atoms with Gasteiger partial charge >= 0.3 is 0 Å². The summed E-state index contributed by atoms with van der Waals surface area (Å²) < 4.78 is 1.92. The van der Waals surface area contributed by atoms with E-state index in [2.05, 4.69) is 45.8 Å². The fourth-order valence-corrected chi connectivity index (χ4v) is 2.18. The van der Waals surface area contributed by atoms with Crippen LogP contribution in [0.2, 0.25) is 0 Å². The molecule has 1 unspecified atom stereocenters. The van der Waals surface area contributed by atoms with Crippen molar-refractivity contribution < 1.29 is 4.79 Å². The molecule has 0 radical (unpaired) electrons. The van der Waals surface area contributed by atoms with Gasteiger partial charge in [-0.05, 0) is 39.7 Å². The minimum absolute atomic E-state index is 0.137. The molecule has 1 aromatic heterocycles. The van der Waals surface area contributed by atoms with Crippen LogP contribution in [0, 0.1) is 17.2 Å². The van der Waals surface area contributed by atoms with Gasteiger partial charge in [0.2, 0.25) is 0 Å². The van der Waals surface area contributed by atoms with Crippen LogP contribution in [0.5, 0.6) is 0 Å². The number of nitriles is 1. The Bertz CT molecular complexity index is 546. The Morgan fingerprint density at radius 3 is 2.38 bits per heavy atom. The van der Waals surface area contributed by atoms with Crippen LogP contribution in [0.3, 0.4) is 0 Å². The zero-order valence-electron chi connectivity index (χ0n) is 14.1. The van der Waals surface area contributed by atoms with Crippen molar-refractivity contribution in [2.45, 2.75) is 53.0 Å². The highest BCUT2D eigenvalue weighted by Gasteiger charge is 2.25. The second-order valence-electron chi connectivity index (χ2n) is 6.91. The molecule has 1 atom stereocenters. The maximum atomic E-state index is 12.5. The smallest absolute Gasteiger partial charge is 0.274 e. The number of nitrogens with zero attached hydrogens (tertiary/aromatic N) is 4. The van der Waals surface area contributed by atoms with Gasteiger partial charge in [-0.15, -0.1) is 0 Å². The Labute approximate surface area is 127 Å². The van der Waals surface area contributed by atoms with Gasteiger partial charge < -0.3 is 4.90 Å². The first-order chi connectivity index (χ1) is 9.57. The van der Waals surface area contributed by atoms with Crippen LogP contribution in [0.4, 0.5) is 0 Å². The fraction of sp³-hybridized carbons (Fsp3) is 0.688. The second kappa shape index (κ2) is 6.30. The quantitative estimate of drug-likeness (QED) is 0.856. The third kappa shape index (κ3) is 4.07. The number of carbonyl (C=O) groups is 1. The summed E-state index contributed by atoms with van der Waals surface area (Å²) in [6.07, 6.45) is 0. The highest BCUT2D eigenvalue weighted by atomic mass is 16.2. The van der Waals surface area contributed by atoms with E-state index >= 15 is 0 Å². The zero-order valence-corrected chi connectivity index (χ0v) is 14.1. The average molecular weight is 290 g/mol. The van der Waals surface area contributed by atoms with Crippen molar-refractivity contribution in [3.63, 3.8) is 0 Å². The molecule has 0 saturated carbocycles. The molecule has 0 aliphatic heterocycles. The maximum absolute atomic E-state index is 12.5. The third-order valence-corrected chi connectivity index (χ3v) is 3.30. The number of amides is 1. The molecule has 1 heterocycles. The van der Waals surface area contributed by atoms with Gasteiger partial charge in [-0.25, -0.2) is 0 Å². The SMILES string of the molecule is CC(C#N)CN(C)C(=O)c1cc(C(C)C)n(C(C)(C)C)n1. The highest BCUT2D eigenvalue weighted by molar-refractivity contribution is 5.92. The Morgan fingerprint density at radius 2 is 2.00 bits per heavy atom. The molecule has 21 heavy (non-hydrogen) atoms. The van der Waals surface area contributed by atoms with E-state index in [0.717, 1.165) is 5.69 Å². The van der Waals surface area contributed by atoms with Crippen LogP contribution >= 0.6 is 0 Å². The van der Waals surface area contributed by atoms with Gasteiger partial charge in [0.15, 0.2) is 5.69 Å². The molecule has 0 spiro atoms. The molecule has 1 aromatic rings. The summed E-state index contributed by atoms with van der Waals surface area (Å²) in [7, 11) is 1.71. The van der Waals surface area contributed by atoms with Gasteiger partial charge in [0.25, 0.3) is 5.91 Å². The number of carbonyl (C=O) groups excluding carboxylic acids is 1. The van der Waals surface area contributed by atoms with Gasteiger partial charge in [-0.1, -0.05) is 13.8 Å². The van der Waals surface area contributed by atoms with Crippen LogP contribution in [0.25, 0.3) is 0 Å². The van der Waals surface area contributed by atoms with E-state index in [4.69, 9.17) is 5.26 Å². The Balaban J connectivity index is 3.10. The summed E-state index contributed by atoms with van der Waals surface area (Å²) in [5.74, 6) is -0.0307. The molecule has 0 N–H and O–H groups in total. The highest BCUT2D eigenvalue weighted by Crippen LogP contribution is 2.24. The van der Waals surface area contributed by atoms with Crippen molar-refractivity contribution in [1.29, 1.82) is 5.26 Å². The Morgan fingerprint density at radius 1 is 1.43 bits per heavy atom. The van der Waals surface area contributed by atoms with Gasteiger partial charge in [0.1, 0.15) is 0 Å². The number of rotatable bonds is 4. The van der Waals surface area contributed by atoms with Crippen molar-refractivity contribution in [2.75, 3.05) is 13.6 Å². The number of hydrogen-bond acceptors (Lipinski definition) is 3. The molecule has 116 valence electrons. The molecule has 1 amide bonds. The summed E-state index contributed by atoms with van der Waals surface area (Å²) in [4.78, 5) is 14.0. The number of aromatic nitrogens is 2. The van der Waals surface area contributed by atoms with E-state index < -0.39 is 0 Å². The van der Waals surface area contributed by atoms with E-state index in [9.17, 15) is 4.79 Å². The van der Waals surface area contributed by atoms with Crippen molar-refractivity contribution in [1.82, 2.24) is 14.7 Å². The van der Waals surface area contributed by atoms with Gasteiger partial charge in [-0.3, -0.25) is 9.48 Å². The van der Waals surface area contributed by atoms with Crippen LogP contribution in [0.15, 0.2) is 6.07 Å². The first-order valence-corrected chi connectivity index (χ1v) is 7.33. The van der Waals surface area contributed by atoms with Crippen LogP contribution in [0.1, 0.15) is 63.6 Å². The van der Waals surface area contributed by atoms with E-state index in [1.165, 1.54) is 0 Å². The van der Waals surface area contributed by atoms with E-state index in [0.29, 0.717) is 18.2 Å². The van der Waals surface area contributed by atoms with Crippen molar-refractivity contribution >= 4 is 5.91 Å². The molecule has 0 fully saturated rings. The molecule has 0 aliphatic carbocycles. The van der Waals surface area contributed by atoms with Gasteiger partial charge in [0.05, 0.1) is 17.5 Å². The molecule has 5 nitrogen and oxygen atoms in total. The average Bonchev–Trinajstić information content (AvgIpc) is 2.82. The summed E-state index contributed by atoms with van der Waals surface area (Å²) in [5, 5.41) is 13.4. The molecule has 0 bridgehead atoms. The fourth-order valence-electron chi connectivity index (χ4n) is 2.18. The minimum atomic E-state index is -0.187. The Kier molecular flexibility index (Phi) is 5.16. The van der Waals surface area contributed by atoms with Crippen molar-refractivity contribution in [2.24, 2.45) is 5.92 Å². The topological polar surface area (TPSA) is 61.9 Å². The first-order valence-electron chi connectivity index (χ1n) is 7.33. The van der Waals surface area contributed by atoms with Gasteiger partial charge in [0, 0.05) is 19.3 Å². The predicted octanol–water partition coefficient (Wildman–Crippen LogP) is 2.99. The molecule has 0 aliphatic rings. The van der Waals surface area contributed by atoms with Crippen LogP contribution in [-0.4, -0.2) is 34.2 Å². The first kappa shape index (κ1) is 17.2. The summed E-state index contributed by atoms with van der Waals surface area (Å²) in [5.41, 5.74) is 1.32. The van der Waals surface area contributed by atoms with Crippen molar-refractivity contribution in [3.05, 3.63) is 17.5 Å². The molecule has 1 rings (SSSR count). The second-order valence-corrected chi connectivity index (χ2v) is 6.91. The molecular formula is C16H26N4O. The number of hydrogen-bond donors (Lipinski definition) is 0. The zero-order chi connectivity index (χ0) is 16.4. The molecule has 5 heteroatoms. The normalized spacial score (nSPS) is 13.1. The lowest BCUT2D eigenvalue weighted by Crippen LogP contribution is -2.31. The third-order valence-electron chi connectivity index (χ3n) is 3.30. The lowest BCUT2D eigenvalue weighted by molar-refractivity contribution is 0.0777. The summed E-state index contributed by atoms with van der Waals surface area (Å²) in [6, 6.07) is 4.01. The van der Waals surface area contributed by atoms with Crippen LogP contribution in [-0.2, 0) is 5.54 Å².